The first-order chi connectivity index (χ1) is 17.7. The maximum absolute atomic E-state index is 6.04. The van der Waals surface area contributed by atoms with Crippen molar-refractivity contribution in [2.45, 2.75) is 12.3 Å². The minimum absolute atomic E-state index is 0.259. The SMILES string of the molecule is S=C1N[C@@H](c2cccc(Oc3ccccc3)c2)N2C(=S)N[C@@H](c3cccc(Oc4ccccc4)c3)N12. The van der Waals surface area contributed by atoms with E-state index in [-0.39, 0.29) is 12.3 Å². The molecule has 2 aliphatic heterocycles. The Kier molecular flexibility index (Phi) is 5.88. The van der Waals surface area contributed by atoms with Gasteiger partial charge in [0.2, 0.25) is 0 Å². The number of nitrogens with one attached hydrogen (secondary N) is 2. The van der Waals surface area contributed by atoms with Gasteiger partial charge < -0.3 is 20.1 Å². The quantitative estimate of drug-likeness (QED) is 0.295. The highest BCUT2D eigenvalue weighted by atomic mass is 32.1. The van der Waals surface area contributed by atoms with E-state index in [0.717, 1.165) is 34.1 Å². The molecule has 2 N–H and O–H groups in total. The normalized spacial score (nSPS) is 18.4. The van der Waals surface area contributed by atoms with Gasteiger partial charge in [0, 0.05) is 11.1 Å². The van der Waals surface area contributed by atoms with Gasteiger partial charge in [-0.1, -0.05) is 60.7 Å². The number of thiocarbonyl (C=S) groups is 2. The van der Waals surface area contributed by atoms with E-state index in [1.807, 2.05) is 119 Å². The van der Waals surface area contributed by atoms with Crippen LogP contribution in [0.3, 0.4) is 0 Å². The zero-order valence-electron chi connectivity index (χ0n) is 19.1. The fraction of sp³-hybridized carbons (Fsp3) is 0.0714. The van der Waals surface area contributed by atoms with Gasteiger partial charge in [-0.2, -0.15) is 0 Å². The van der Waals surface area contributed by atoms with E-state index in [0.29, 0.717) is 10.2 Å². The largest absolute Gasteiger partial charge is 0.457 e. The summed E-state index contributed by atoms with van der Waals surface area (Å²) in [6, 6.07) is 35.3. The topological polar surface area (TPSA) is 49.0 Å². The summed E-state index contributed by atoms with van der Waals surface area (Å²) in [6.07, 6.45) is -0.517. The monoisotopic (exact) mass is 510 g/mol. The van der Waals surface area contributed by atoms with E-state index in [2.05, 4.69) is 10.6 Å². The van der Waals surface area contributed by atoms with Crippen LogP contribution < -0.4 is 20.1 Å². The van der Waals surface area contributed by atoms with Gasteiger partial charge in [-0.15, -0.1) is 0 Å². The average molecular weight is 511 g/mol. The zero-order chi connectivity index (χ0) is 24.5. The Hall–Kier alpha value is -4.14. The van der Waals surface area contributed by atoms with Crippen molar-refractivity contribution >= 4 is 34.7 Å². The van der Waals surface area contributed by atoms with Crippen LogP contribution in [-0.4, -0.2) is 20.2 Å². The second-order valence-electron chi connectivity index (χ2n) is 8.37. The van der Waals surface area contributed by atoms with Crippen LogP contribution in [0.4, 0.5) is 0 Å². The van der Waals surface area contributed by atoms with E-state index >= 15 is 0 Å². The fourth-order valence-corrected chi connectivity index (χ4v) is 4.97. The summed E-state index contributed by atoms with van der Waals surface area (Å²) in [7, 11) is 0. The number of hydrogen-bond acceptors (Lipinski definition) is 4. The van der Waals surface area contributed by atoms with Crippen LogP contribution in [0, 0.1) is 0 Å². The van der Waals surface area contributed by atoms with Gasteiger partial charge in [-0.25, -0.2) is 10.0 Å². The number of rotatable bonds is 6. The molecule has 2 saturated heterocycles. The number of hydrogen-bond donors (Lipinski definition) is 2. The molecule has 0 aromatic heterocycles. The molecule has 6 nitrogen and oxygen atoms in total. The number of fused-ring (bicyclic) bond motifs is 1. The molecule has 0 unspecified atom stereocenters. The average Bonchev–Trinajstić information content (AvgIpc) is 3.44. The Morgan fingerprint density at radius 2 is 0.889 bits per heavy atom. The summed E-state index contributed by atoms with van der Waals surface area (Å²) >= 11 is 11.5. The van der Waals surface area contributed by atoms with Crippen molar-refractivity contribution in [1.82, 2.24) is 20.7 Å². The Bertz CT molecular complexity index is 1310. The van der Waals surface area contributed by atoms with Crippen LogP contribution in [0.5, 0.6) is 23.0 Å². The molecule has 4 aromatic carbocycles. The first-order valence-electron chi connectivity index (χ1n) is 11.5. The molecular formula is C28H22N4O2S2. The number of benzene rings is 4. The molecule has 0 aliphatic carbocycles. The van der Waals surface area contributed by atoms with E-state index in [4.69, 9.17) is 33.9 Å². The van der Waals surface area contributed by atoms with Gasteiger partial charge in [-0.05, 0) is 73.0 Å². The van der Waals surface area contributed by atoms with Crippen molar-refractivity contribution in [3.8, 4) is 23.0 Å². The van der Waals surface area contributed by atoms with Gasteiger partial charge in [0.15, 0.2) is 10.2 Å². The smallest absolute Gasteiger partial charge is 0.192 e. The van der Waals surface area contributed by atoms with Crippen molar-refractivity contribution in [3.05, 3.63) is 120 Å². The predicted octanol–water partition coefficient (Wildman–Crippen LogP) is 6.26. The molecule has 0 radical (unpaired) electrons. The van der Waals surface area contributed by atoms with Crippen LogP contribution in [0.2, 0.25) is 0 Å². The predicted molar refractivity (Wildman–Crippen MR) is 147 cm³/mol. The number of nitrogens with zero attached hydrogens (tertiary/aromatic N) is 2. The first-order valence-corrected chi connectivity index (χ1v) is 12.3. The lowest BCUT2D eigenvalue weighted by Crippen LogP contribution is -2.36. The van der Waals surface area contributed by atoms with E-state index in [1.165, 1.54) is 0 Å². The third kappa shape index (κ3) is 4.32. The Morgan fingerprint density at radius 1 is 0.500 bits per heavy atom. The van der Waals surface area contributed by atoms with Crippen LogP contribution >= 0.6 is 24.4 Å². The summed E-state index contributed by atoms with van der Waals surface area (Å²) in [6.45, 7) is 0. The molecule has 2 aliphatic rings. The summed E-state index contributed by atoms with van der Waals surface area (Å²) in [5.74, 6) is 3.04. The Morgan fingerprint density at radius 3 is 1.31 bits per heavy atom. The van der Waals surface area contributed by atoms with Crippen molar-refractivity contribution in [2.75, 3.05) is 0 Å². The standard InChI is InChI=1S/C28H22N4O2S2/c35-27-29-25(19-9-7-15-23(17-19)33-21-11-3-1-4-12-21)31-28(36)30-26(32(27)31)20-10-8-16-24(18-20)34-22-13-5-2-6-14-22/h1-18,25-26H,(H,29,35)(H,30,36)/t25-,26-/m1/s1. The van der Waals surface area contributed by atoms with E-state index in [1.54, 1.807) is 0 Å². The molecule has 0 spiro atoms. The molecule has 2 atom stereocenters. The molecule has 4 aromatic rings. The lowest BCUT2D eigenvalue weighted by molar-refractivity contribution is 0.114. The molecule has 6 rings (SSSR count). The molecule has 0 saturated carbocycles. The second kappa shape index (κ2) is 9.49. The molecule has 2 fully saturated rings. The highest BCUT2D eigenvalue weighted by Gasteiger charge is 2.47. The first kappa shape index (κ1) is 22.3. The van der Waals surface area contributed by atoms with Gasteiger partial charge >= 0.3 is 0 Å². The maximum atomic E-state index is 6.04. The fourth-order valence-electron chi connectivity index (χ4n) is 4.36. The molecular weight excluding hydrogens is 488 g/mol. The van der Waals surface area contributed by atoms with Gasteiger partial charge in [-0.3, -0.25) is 0 Å². The highest BCUT2D eigenvalue weighted by Crippen LogP contribution is 2.38. The summed E-state index contributed by atoms with van der Waals surface area (Å²) in [5.41, 5.74) is 1.97. The lowest BCUT2D eigenvalue weighted by Gasteiger charge is -2.27. The third-order valence-corrected chi connectivity index (χ3v) is 6.57. The maximum Gasteiger partial charge on any atom is 0.192 e. The van der Waals surface area contributed by atoms with Crippen molar-refractivity contribution in [2.24, 2.45) is 0 Å². The summed E-state index contributed by atoms with van der Waals surface area (Å²) in [4.78, 5) is 0. The molecule has 0 amide bonds. The third-order valence-electron chi connectivity index (χ3n) is 5.96. The Labute approximate surface area is 220 Å². The van der Waals surface area contributed by atoms with Gasteiger partial charge in [0.25, 0.3) is 0 Å². The highest BCUT2D eigenvalue weighted by molar-refractivity contribution is 7.80. The molecule has 178 valence electrons. The van der Waals surface area contributed by atoms with Crippen LogP contribution in [0.1, 0.15) is 23.5 Å². The molecule has 0 bridgehead atoms. The van der Waals surface area contributed by atoms with Gasteiger partial charge in [0.1, 0.15) is 35.3 Å². The van der Waals surface area contributed by atoms with E-state index in [9.17, 15) is 0 Å². The van der Waals surface area contributed by atoms with Crippen LogP contribution in [-0.2, 0) is 0 Å². The number of para-hydroxylation sites is 2. The van der Waals surface area contributed by atoms with Crippen LogP contribution in [0.15, 0.2) is 109 Å². The summed E-state index contributed by atoms with van der Waals surface area (Å²) in [5, 5.41) is 12.0. The minimum atomic E-state index is -0.259. The number of hydrazine groups is 1. The zero-order valence-corrected chi connectivity index (χ0v) is 20.7. The molecule has 2 heterocycles. The molecule has 36 heavy (non-hydrogen) atoms. The van der Waals surface area contributed by atoms with Crippen molar-refractivity contribution in [3.63, 3.8) is 0 Å². The Balaban J connectivity index is 1.25. The molecule has 8 heteroatoms. The van der Waals surface area contributed by atoms with E-state index < -0.39 is 0 Å². The lowest BCUT2D eigenvalue weighted by atomic mass is 10.1. The second-order valence-corrected chi connectivity index (χ2v) is 9.14. The van der Waals surface area contributed by atoms with Crippen molar-refractivity contribution < 1.29 is 9.47 Å². The van der Waals surface area contributed by atoms with Crippen LogP contribution in [0.25, 0.3) is 0 Å². The van der Waals surface area contributed by atoms with Gasteiger partial charge in [0.05, 0.1) is 0 Å². The summed E-state index contributed by atoms with van der Waals surface area (Å²) < 4.78 is 12.1. The van der Waals surface area contributed by atoms with Crippen molar-refractivity contribution in [1.29, 1.82) is 0 Å². The number of ether oxygens (including phenoxy) is 2. The minimum Gasteiger partial charge on any atom is -0.457 e.